The zero-order valence-corrected chi connectivity index (χ0v) is 11.8. The molecule has 0 fully saturated rings. The van der Waals surface area contributed by atoms with Gasteiger partial charge in [0.15, 0.2) is 0 Å². The maximum absolute atomic E-state index is 11.7. The van der Waals surface area contributed by atoms with Gasteiger partial charge in [0.25, 0.3) is 5.91 Å². The van der Waals surface area contributed by atoms with Crippen molar-refractivity contribution in [2.24, 2.45) is 0 Å². The van der Waals surface area contributed by atoms with E-state index < -0.39 is 5.91 Å². The molecule has 0 spiro atoms. The molecule has 0 aliphatic rings. The van der Waals surface area contributed by atoms with Crippen molar-refractivity contribution < 1.29 is 9.59 Å². The van der Waals surface area contributed by atoms with Gasteiger partial charge in [-0.25, -0.2) is 0 Å². The molecule has 2 rings (SSSR count). The van der Waals surface area contributed by atoms with Gasteiger partial charge in [0.05, 0.1) is 0 Å². The summed E-state index contributed by atoms with van der Waals surface area (Å²) in [5, 5.41) is 2.66. The quantitative estimate of drug-likeness (QED) is 0.790. The highest BCUT2D eigenvalue weighted by Crippen LogP contribution is 2.01. The highest BCUT2D eigenvalue weighted by molar-refractivity contribution is 6.36. The maximum atomic E-state index is 11.7. The van der Waals surface area contributed by atoms with E-state index >= 15 is 0 Å². The molecule has 0 radical (unpaired) electrons. The molecule has 2 aromatic rings. The largest absolute Gasteiger partial charge is 0.349 e. The fraction of sp³-hybridized carbons (Fsp3) is 0.235. The predicted octanol–water partition coefficient (Wildman–Crippen LogP) is 1.94. The van der Waals surface area contributed by atoms with E-state index in [0.717, 1.165) is 17.5 Å². The van der Waals surface area contributed by atoms with Crippen LogP contribution in [0.3, 0.4) is 0 Å². The number of carbonyl (C=O) groups excluding carboxylic acids is 2. The lowest BCUT2D eigenvalue weighted by Crippen LogP contribution is -2.32. The number of aryl methyl sites for hydroxylation is 1. The lowest BCUT2D eigenvalue weighted by Gasteiger charge is -2.05. The van der Waals surface area contributed by atoms with E-state index in [-0.39, 0.29) is 12.2 Å². The van der Waals surface area contributed by atoms with Crippen molar-refractivity contribution in [3.63, 3.8) is 0 Å². The van der Waals surface area contributed by atoms with E-state index in [9.17, 15) is 9.59 Å². The number of benzene rings is 1. The standard InChI is InChI=1S/C17H18N2O2/c20-16(9-8-15-7-4-11-18-13-15)17(21)19-12-10-14-5-2-1-3-6-14/h1-7,11,13H,8-10,12H2,(H,19,21). The van der Waals surface area contributed by atoms with Gasteiger partial charge in [-0.2, -0.15) is 0 Å². The molecule has 1 aromatic carbocycles. The average molecular weight is 282 g/mol. The van der Waals surface area contributed by atoms with Crippen LogP contribution in [0.1, 0.15) is 17.5 Å². The van der Waals surface area contributed by atoms with Crippen molar-refractivity contribution in [2.45, 2.75) is 19.3 Å². The first kappa shape index (κ1) is 14.9. The monoisotopic (exact) mass is 282 g/mol. The van der Waals surface area contributed by atoms with Crippen molar-refractivity contribution in [3.05, 3.63) is 66.0 Å². The van der Waals surface area contributed by atoms with E-state index in [2.05, 4.69) is 10.3 Å². The van der Waals surface area contributed by atoms with Gasteiger partial charge >= 0.3 is 0 Å². The molecule has 1 aromatic heterocycles. The highest BCUT2D eigenvalue weighted by atomic mass is 16.2. The second-order valence-electron chi connectivity index (χ2n) is 4.78. The number of pyridine rings is 1. The number of hydrogen-bond acceptors (Lipinski definition) is 3. The maximum Gasteiger partial charge on any atom is 0.287 e. The second kappa shape index (κ2) is 7.94. The minimum Gasteiger partial charge on any atom is -0.349 e. The number of hydrogen-bond donors (Lipinski definition) is 1. The number of ketones is 1. The van der Waals surface area contributed by atoms with E-state index in [4.69, 9.17) is 0 Å². The first-order valence-electron chi connectivity index (χ1n) is 6.99. The van der Waals surface area contributed by atoms with Gasteiger partial charge in [-0.1, -0.05) is 36.4 Å². The smallest absolute Gasteiger partial charge is 0.287 e. The summed E-state index contributed by atoms with van der Waals surface area (Å²) in [5.74, 6) is -0.887. The minimum absolute atomic E-state index is 0.211. The van der Waals surface area contributed by atoms with Crippen LogP contribution < -0.4 is 5.32 Å². The number of nitrogens with zero attached hydrogens (tertiary/aromatic N) is 1. The second-order valence-corrected chi connectivity index (χ2v) is 4.78. The lowest BCUT2D eigenvalue weighted by molar-refractivity contribution is -0.137. The Morgan fingerprint density at radius 2 is 1.71 bits per heavy atom. The number of rotatable bonds is 7. The summed E-state index contributed by atoms with van der Waals surface area (Å²) in [6.07, 6.45) is 4.87. The fourth-order valence-corrected chi connectivity index (χ4v) is 1.98. The Morgan fingerprint density at radius 3 is 2.43 bits per heavy atom. The third-order valence-electron chi connectivity index (χ3n) is 3.16. The Hall–Kier alpha value is -2.49. The summed E-state index contributed by atoms with van der Waals surface area (Å²) in [4.78, 5) is 27.4. The first-order chi connectivity index (χ1) is 10.3. The third kappa shape index (κ3) is 5.18. The van der Waals surface area contributed by atoms with Crippen LogP contribution in [0.15, 0.2) is 54.9 Å². The van der Waals surface area contributed by atoms with Gasteiger partial charge < -0.3 is 5.32 Å². The Balaban J connectivity index is 1.69. The summed E-state index contributed by atoms with van der Waals surface area (Å²) >= 11 is 0. The van der Waals surface area contributed by atoms with Crippen LogP contribution in [0.25, 0.3) is 0 Å². The van der Waals surface area contributed by atoms with Crippen LogP contribution in [0.5, 0.6) is 0 Å². The average Bonchev–Trinajstić information content (AvgIpc) is 2.54. The van der Waals surface area contributed by atoms with E-state index in [1.54, 1.807) is 12.4 Å². The molecule has 0 aliphatic heterocycles. The predicted molar refractivity (Wildman–Crippen MR) is 80.7 cm³/mol. The van der Waals surface area contributed by atoms with Gasteiger partial charge in [-0.15, -0.1) is 0 Å². The van der Waals surface area contributed by atoms with Gasteiger partial charge in [0.2, 0.25) is 5.78 Å². The van der Waals surface area contributed by atoms with Crippen LogP contribution in [0.2, 0.25) is 0 Å². The van der Waals surface area contributed by atoms with Crippen molar-refractivity contribution in [1.82, 2.24) is 10.3 Å². The molecule has 21 heavy (non-hydrogen) atoms. The highest BCUT2D eigenvalue weighted by Gasteiger charge is 2.12. The topological polar surface area (TPSA) is 59.1 Å². The molecular formula is C17H18N2O2. The van der Waals surface area contributed by atoms with Crippen molar-refractivity contribution in [1.29, 1.82) is 0 Å². The molecule has 4 nitrogen and oxygen atoms in total. The van der Waals surface area contributed by atoms with Crippen LogP contribution in [-0.4, -0.2) is 23.2 Å². The van der Waals surface area contributed by atoms with Gasteiger partial charge in [-0.3, -0.25) is 14.6 Å². The van der Waals surface area contributed by atoms with E-state index in [0.29, 0.717) is 13.0 Å². The molecule has 0 atom stereocenters. The molecule has 0 unspecified atom stereocenters. The SMILES string of the molecule is O=C(CCc1cccnc1)C(=O)NCCc1ccccc1. The molecule has 0 bridgehead atoms. The van der Waals surface area contributed by atoms with Gasteiger partial charge in [0.1, 0.15) is 0 Å². The Labute approximate surface area is 124 Å². The summed E-state index contributed by atoms with van der Waals surface area (Å²) in [5.41, 5.74) is 2.10. The fourth-order valence-electron chi connectivity index (χ4n) is 1.98. The number of nitrogens with one attached hydrogen (secondary N) is 1. The number of Topliss-reactive ketones (excluding diaryl/α,β-unsaturated/α-hetero) is 1. The van der Waals surface area contributed by atoms with E-state index in [1.807, 2.05) is 42.5 Å². The first-order valence-corrected chi connectivity index (χ1v) is 6.99. The molecule has 108 valence electrons. The summed E-state index contributed by atoms with van der Waals surface area (Å²) in [6, 6.07) is 13.6. The molecule has 1 N–H and O–H groups in total. The number of carbonyl (C=O) groups is 2. The third-order valence-corrected chi connectivity index (χ3v) is 3.16. The summed E-state index contributed by atoms with van der Waals surface area (Å²) < 4.78 is 0. The van der Waals surface area contributed by atoms with Gasteiger partial charge in [-0.05, 0) is 30.0 Å². The van der Waals surface area contributed by atoms with Crippen molar-refractivity contribution in [2.75, 3.05) is 6.54 Å². The van der Waals surface area contributed by atoms with Crippen LogP contribution in [0.4, 0.5) is 0 Å². The number of amides is 1. The summed E-state index contributed by atoms with van der Waals surface area (Å²) in [6.45, 7) is 0.474. The number of aromatic nitrogens is 1. The molecule has 0 aliphatic carbocycles. The van der Waals surface area contributed by atoms with Crippen LogP contribution >= 0.6 is 0 Å². The van der Waals surface area contributed by atoms with Crippen molar-refractivity contribution in [3.8, 4) is 0 Å². The Bertz CT molecular complexity index is 582. The molecular weight excluding hydrogens is 264 g/mol. The zero-order chi connectivity index (χ0) is 14.9. The Kier molecular flexibility index (Phi) is 5.64. The minimum atomic E-state index is -0.505. The molecule has 1 amide bonds. The summed E-state index contributed by atoms with van der Waals surface area (Å²) in [7, 11) is 0. The zero-order valence-electron chi connectivity index (χ0n) is 11.8. The normalized spacial score (nSPS) is 10.1. The van der Waals surface area contributed by atoms with Crippen LogP contribution in [-0.2, 0) is 22.4 Å². The van der Waals surface area contributed by atoms with Gasteiger partial charge in [0, 0.05) is 25.4 Å². The Morgan fingerprint density at radius 1 is 0.952 bits per heavy atom. The lowest BCUT2D eigenvalue weighted by atomic mass is 10.1. The molecule has 0 saturated carbocycles. The van der Waals surface area contributed by atoms with E-state index in [1.165, 1.54) is 0 Å². The van der Waals surface area contributed by atoms with Crippen LogP contribution in [0, 0.1) is 0 Å². The molecule has 4 heteroatoms. The van der Waals surface area contributed by atoms with Crippen molar-refractivity contribution >= 4 is 11.7 Å². The molecule has 1 heterocycles. The molecule has 0 saturated heterocycles.